The van der Waals surface area contributed by atoms with Gasteiger partial charge in [0.25, 0.3) is 0 Å². The molecule has 0 spiro atoms. The lowest BCUT2D eigenvalue weighted by atomic mass is 9.76. The number of carbonyl (C=O) groups excluding carboxylic acids is 1. The second-order valence-electron chi connectivity index (χ2n) is 4.79. The monoisotopic (exact) mass is 207 g/mol. The van der Waals surface area contributed by atoms with Crippen molar-refractivity contribution in [3.63, 3.8) is 0 Å². The summed E-state index contributed by atoms with van der Waals surface area (Å²) in [6.45, 7) is 5.90. The molecule has 0 bridgehead atoms. The zero-order valence-electron chi connectivity index (χ0n) is 9.32. The minimum Gasteiger partial charge on any atom is -0.508 e. The Labute approximate surface area is 89.9 Å². The van der Waals surface area contributed by atoms with E-state index in [9.17, 15) is 4.79 Å². The third-order valence-electron chi connectivity index (χ3n) is 2.38. The van der Waals surface area contributed by atoms with Gasteiger partial charge in [0.15, 0.2) is 0 Å². The van der Waals surface area contributed by atoms with E-state index in [1.54, 1.807) is 24.3 Å². The Bertz CT molecular complexity index is 349. The number of hydrogen-bond donors (Lipinski definition) is 2. The summed E-state index contributed by atoms with van der Waals surface area (Å²) in [4.78, 5) is 11.4. The van der Waals surface area contributed by atoms with Crippen molar-refractivity contribution in [2.24, 2.45) is 11.1 Å². The molecule has 3 heteroatoms. The first-order chi connectivity index (χ1) is 6.82. The second-order valence-corrected chi connectivity index (χ2v) is 4.79. The number of carbonyl (C=O) groups is 1. The summed E-state index contributed by atoms with van der Waals surface area (Å²) in [5.41, 5.74) is 6.01. The smallest absolute Gasteiger partial charge is 0.225 e. The molecule has 1 amide bonds. The lowest BCUT2D eigenvalue weighted by Gasteiger charge is -2.28. The summed E-state index contributed by atoms with van der Waals surface area (Å²) >= 11 is 0. The number of nitrogens with two attached hydrogens (primary N) is 1. The molecule has 0 heterocycles. The minimum atomic E-state index is -0.340. The van der Waals surface area contributed by atoms with Crippen LogP contribution in [-0.4, -0.2) is 11.0 Å². The molecule has 1 aromatic rings. The zero-order valence-corrected chi connectivity index (χ0v) is 9.32. The fourth-order valence-corrected chi connectivity index (χ4v) is 1.76. The molecule has 0 saturated heterocycles. The molecule has 0 radical (unpaired) electrons. The molecule has 0 aliphatic carbocycles. The normalized spacial score (nSPS) is 13.5. The van der Waals surface area contributed by atoms with Crippen LogP contribution in [0, 0.1) is 5.41 Å². The van der Waals surface area contributed by atoms with E-state index in [4.69, 9.17) is 10.8 Å². The van der Waals surface area contributed by atoms with E-state index in [1.807, 2.05) is 20.8 Å². The maximum absolute atomic E-state index is 11.4. The molecule has 15 heavy (non-hydrogen) atoms. The quantitative estimate of drug-likeness (QED) is 0.779. The van der Waals surface area contributed by atoms with Gasteiger partial charge in [0.1, 0.15) is 5.75 Å². The summed E-state index contributed by atoms with van der Waals surface area (Å²) < 4.78 is 0. The standard InChI is InChI=1S/C12H17NO2/c1-12(2,3)10(11(13)15)8-4-6-9(14)7-5-8/h4-7,10,14H,1-3H3,(H2,13,15). The Morgan fingerprint density at radius 3 is 2.07 bits per heavy atom. The lowest BCUT2D eigenvalue weighted by molar-refractivity contribution is -0.121. The maximum Gasteiger partial charge on any atom is 0.225 e. The molecule has 1 unspecified atom stereocenters. The van der Waals surface area contributed by atoms with Crippen LogP contribution in [0.25, 0.3) is 0 Å². The molecule has 1 aromatic carbocycles. The Balaban J connectivity index is 3.11. The lowest BCUT2D eigenvalue weighted by Crippen LogP contribution is -2.31. The van der Waals surface area contributed by atoms with Gasteiger partial charge in [-0.25, -0.2) is 0 Å². The van der Waals surface area contributed by atoms with Crippen molar-refractivity contribution in [2.75, 3.05) is 0 Å². The van der Waals surface area contributed by atoms with E-state index in [0.29, 0.717) is 0 Å². The highest BCUT2D eigenvalue weighted by Gasteiger charge is 2.30. The Morgan fingerprint density at radius 1 is 1.27 bits per heavy atom. The third kappa shape index (κ3) is 2.72. The molecule has 3 N–H and O–H groups in total. The van der Waals surface area contributed by atoms with Gasteiger partial charge in [-0.1, -0.05) is 32.9 Å². The highest BCUT2D eigenvalue weighted by molar-refractivity contribution is 5.82. The van der Waals surface area contributed by atoms with Gasteiger partial charge in [-0.05, 0) is 23.1 Å². The number of phenolic OH excluding ortho intramolecular Hbond substituents is 1. The summed E-state index contributed by atoms with van der Waals surface area (Å²) in [5, 5.41) is 9.16. The number of benzene rings is 1. The van der Waals surface area contributed by atoms with Crippen LogP contribution in [0.5, 0.6) is 5.75 Å². The van der Waals surface area contributed by atoms with Gasteiger partial charge in [-0.15, -0.1) is 0 Å². The van der Waals surface area contributed by atoms with Crippen LogP contribution < -0.4 is 5.73 Å². The average molecular weight is 207 g/mol. The van der Waals surface area contributed by atoms with Crippen molar-refractivity contribution in [3.8, 4) is 5.75 Å². The Morgan fingerprint density at radius 2 is 1.73 bits per heavy atom. The largest absolute Gasteiger partial charge is 0.508 e. The van der Waals surface area contributed by atoms with Gasteiger partial charge >= 0.3 is 0 Å². The summed E-state index contributed by atoms with van der Waals surface area (Å²) in [6.07, 6.45) is 0. The Kier molecular flexibility index (Phi) is 3.03. The summed E-state index contributed by atoms with van der Waals surface area (Å²) in [5.74, 6) is -0.484. The highest BCUT2D eigenvalue weighted by Crippen LogP contribution is 2.35. The molecule has 0 aliphatic heterocycles. The molecule has 1 rings (SSSR count). The molecule has 0 aromatic heterocycles. The minimum absolute atomic E-state index is 0.191. The SMILES string of the molecule is CC(C)(C)C(C(N)=O)c1ccc(O)cc1. The number of rotatable bonds is 2. The molecule has 0 saturated carbocycles. The first-order valence-electron chi connectivity index (χ1n) is 4.90. The molecule has 0 aliphatic rings. The molecule has 3 nitrogen and oxygen atoms in total. The van der Waals surface area contributed by atoms with Crippen LogP contribution in [0.1, 0.15) is 32.3 Å². The Hall–Kier alpha value is -1.51. The van der Waals surface area contributed by atoms with Gasteiger partial charge in [0, 0.05) is 0 Å². The van der Waals surface area contributed by atoms with Crippen molar-refractivity contribution in [1.82, 2.24) is 0 Å². The van der Waals surface area contributed by atoms with E-state index < -0.39 is 0 Å². The molecule has 1 atom stereocenters. The molecular weight excluding hydrogens is 190 g/mol. The first-order valence-corrected chi connectivity index (χ1v) is 4.90. The average Bonchev–Trinajstić information content (AvgIpc) is 2.05. The number of hydrogen-bond acceptors (Lipinski definition) is 2. The van der Waals surface area contributed by atoms with Crippen LogP contribution in [0.4, 0.5) is 0 Å². The number of primary amides is 1. The van der Waals surface area contributed by atoms with Crippen molar-refractivity contribution in [1.29, 1.82) is 0 Å². The van der Waals surface area contributed by atoms with E-state index >= 15 is 0 Å². The van der Waals surface area contributed by atoms with Gasteiger partial charge in [0.05, 0.1) is 5.92 Å². The molecular formula is C12H17NO2. The topological polar surface area (TPSA) is 63.3 Å². The van der Waals surface area contributed by atoms with E-state index in [1.165, 1.54) is 0 Å². The summed E-state index contributed by atoms with van der Waals surface area (Å²) in [7, 11) is 0. The van der Waals surface area contributed by atoms with Crippen LogP contribution in [0.3, 0.4) is 0 Å². The predicted molar refractivity (Wildman–Crippen MR) is 59.5 cm³/mol. The third-order valence-corrected chi connectivity index (χ3v) is 2.38. The van der Waals surface area contributed by atoms with Crippen molar-refractivity contribution < 1.29 is 9.90 Å². The number of aromatic hydroxyl groups is 1. The highest BCUT2D eigenvalue weighted by atomic mass is 16.3. The van der Waals surface area contributed by atoms with Crippen molar-refractivity contribution >= 4 is 5.91 Å². The number of phenols is 1. The molecule has 0 fully saturated rings. The van der Waals surface area contributed by atoms with Crippen LogP contribution in [0.15, 0.2) is 24.3 Å². The maximum atomic E-state index is 11.4. The van der Waals surface area contributed by atoms with Crippen LogP contribution in [0.2, 0.25) is 0 Å². The van der Waals surface area contributed by atoms with Gasteiger partial charge in [0.2, 0.25) is 5.91 Å². The van der Waals surface area contributed by atoms with Gasteiger partial charge in [-0.2, -0.15) is 0 Å². The van der Waals surface area contributed by atoms with Crippen molar-refractivity contribution in [3.05, 3.63) is 29.8 Å². The van der Waals surface area contributed by atoms with Crippen LogP contribution >= 0.6 is 0 Å². The van der Waals surface area contributed by atoms with Gasteiger partial charge < -0.3 is 10.8 Å². The van der Waals surface area contributed by atoms with E-state index in [2.05, 4.69) is 0 Å². The van der Waals surface area contributed by atoms with E-state index in [0.717, 1.165) is 5.56 Å². The fraction of sp³-hybridized carbons (Fsp3) is 0.417. The van der Waals surface area contributed by atoms with Crippen LogP contribution in [-0.2, 0) is 4.79 Å². The summed E-state index contributed by atoms with van der Waals surface area (Å²) in [6, 6.07) is 6.60. The van der Waals surface area contributed by atoms with E-state index in [-0.39, 0.29) is 23.0 Å². The second kappa shape index (κ2) is 3.93. The van der Waals surface area contributed by atoms with Gasteiger partial charge in [-0.3, -0.25) is 4.79 Å². The fourth-order valence-electron chi connectivity index (χ4n) is 1.76. The van der Waals surface area contributed by atoms with Crippen molar-refractivity contribution in [2.45, 2.75) is 26.7 Å². The first kappa shape index (κ1) is 11.6. The molecule has 82 valence electrons. The predicted octanol–water partition coefficient (Wildman–Crippen LogP) is 2.01. The zero-order chi connectivity index (χ0) is 11.6. The number of amides is 1.